The summed E-state index contributed by atoms with van der Waals surface area (Å²) in [6.07, 6.45) is 0.403. The van der Waals surface area contributed by atoms with Gasteiger partial charge in [0.1, 0.15) is 0 Å². The third-order valence-electron chi connectivity index (χ3n) is 0.134. The first kappa shape index (κ1) is 29.7. The van der Waals surface area contributed by atoms with Gasteiger partial charge in [0.2, 0.25) is 0 Å². The zero-order valence-corrected chi connectivity index (χ0v) is 10.4. The van der Waals surface area contributed by atoms with Gasteiger partial charge in [-0.2, -0.15) is 6.42 Å². The summed E-state index contributed by atoms with van der Waals surface area (Å²) < 4.78 is 30.5. The molecule has 11 heavy (non-hydrogen) atoms. The van der Waals surface area contributed by atoms with Crippen LogP contribution in [-0.4, -0.2) is 20.5 Å². The zero-order valence-electron chi connectivity index (χ0n) is 7.54. The van der Waals surface area contributed by atoms with Crippen molar-refractivity contribution in [1.29, 1.82) is 0 Å². The Bertz CT molecular complexity index is 21.2. The fourth-order valence-corrected chi connectivity index (χ4v) is 0. The van der Waals surface area contributed by atoms with Gasteiger partial charge in [-0.1, -0.05) is 0 Å². The summed E-state index contributed by atoms with van der Waals surface area (Å²) in [6.45, 7) is 4.15. The molecule has 0 N–H and O–H groups in total. The van der Waals surface area contributed by atoms with Crippen molar-refractivity contribution in [2.75, 3.05) is 20.5 Å². The first-order chi connectivity index (χ1) is 4.33. The molecule has 0 heterocycles. The van der Waals surface area contributed by atoms with E-state index in [0.717, 1.165) is 0 Å². The van der Waals surface area contributed by atoms with E-state index in [4.69, 9.17) is 0 Å². The molecule has 71 valence electrons. The van der Waals surface area contributed by atoms with Crippen LogP contribution in [0.4, 0.5) is 13.2 Å². The van der Waals surface area contributed by atoms with E-state index in [1.165, 1.54) is 6.92 Å². The Morgan fingerprint density at radius 1 is 1.18 bits per heavy atom. The van der Waals surface area contributed by atoms with Crippen LogP contribution in [0.5, 0.6) is 0 Å². The van der Waals surface area contributed by atoms with Gasteiger partial charge in [-0.05, 0) is 6.92 Å². The van der Waals surface area contributed by atoms with Gasteiger partial charge in [0.25, 0.3) is 0 Å². The predicted octanol–water partition coefficient (Wildman–Crippen LogP) is 3.19. The third kappa shape index (κ3) is 240. The van der Waals surface area contributed by atoms with Crippen molar-refractivity contribution in [3.05, 3.63) is 14.4 Å². The summed E-state index contributed by atoms with van der Waals surface area (Å²) in [5.41, 5.74) is 0. The average molecular weight is 247 g/mol. The summed E-state index contributed by atoms with van der Waals surface area (Å²) in [5, 5.41) is 0. The fraction of sp³-hybridized carbons (Fsp3) is 0.714. The third-order valence-corrected chi connectivity index (χ3v) is 0.134. The Kier molecular flexibility index (Phi) is 190. The van der Waals surface area contributed by atoms with Crippen LogP contribution in [-0.2, 0) is 32.7 Å². The molecule has 0 aliphatic carbocycles. The second-order valence-electron chi connectivity index (χ2n) is 0.810. The number of rotatable bonds is 1. The van der Waals surface area contributed by atoms with Crippen molar-refractivity contribution in [2.45, 2.75) is 13.3 Å². The fourth-order valence-electron chi connectivity index (χ4n) is 0. The van der Waals surface area contributed by atoms with Crippen LogP contribution in [0.15, 0.2) is 0 Å². The molecule has 0 unspecified atom stereocenters. The minimum absolute atomic E-state index is 0. The Balaban J connectivity index is -0.0000000158. The van der Waals surface area contributed by atoms with Crippen LogP contribution in [0, 0.1) is 14.4 Å². The molecule has 0 aliphatic rings. The largest absolute Gasteiger partial charge is 0.358 e. The van der Waals surface area contributed by atoms with Crippen molar-refractivity contribution in [2.24, 2.45) is 0 Å². The maximum atomic E-state index is 10.7. The maximum absolute atomic E-state index is 10.7. The summed E-state index contributed by atoms with van der Waals surface area (Å²) in [4.78, 5) is 0. The normalized spacial score (nSPS) is 4.91. The van der Waals surface area contributed by atoms with Crippen molar-refractivity contribution >= 4 is 0 Å². The van der Waals surface area contributed by atoms with E-state index in [-0.39, 0.29) is 53.5 Å². The van der Waals surface area contributed by atoms with Crippen LogP contribution < -0.4 is 0 Å². The van der Waals surface area contributed by atoms with E-state index in [0.29, 0.717) is 13.6 Å². The molecule has 0 rings (SSSR count). The molecule has 1 radical (unpaired) electrons. The maximum Gasteiger partial charge on any atom is 0.0866 e. The van der Waals surface area contributed by atoms with E-state index >= 15 is 0 Å². The first-order valence-electron chi connectivity index (χ1n) is 2.62. The molecule has 0 aromatic heterocycles. The van der Waals surface area contributed by atoms with Crippen LogP contribution in [0.25, 0.3) is 0 Å². The monoisotopic (exact) mass is 247 g/mol. The van der Waals surface area contributed by atoms with E-state index in [2.05, 4.69) is 6.92 Å². The zero-order chi connectivity index (χ0) is 8.12. The topological polar surface area (TPSA) is 0 Å². The minimum atomic E-state index is -0.292. The molecule has 0 nitrogen and oxygen atoms in total. The predicted molar refractivity (Wildman–Crippen MR) is 41.0 cm³/mol. The number of halogens is 3. The van der Waals surface area contributed by atoms with Gasteiger partial charge in [0.05, 0.1) is 20.5 Å². The van der Waals surface area contributed by atoms with E-state index in [9.17, 15) is 13.2 Å². The minimum Gasteiger partial charge on any atom is -0.358 e. The Morgan fingerprint density at radius 2 is 1.27 bits per heavy atom. The van der Waals surface area contributed by atoms with E-state index in [1.807, 2.05) is 0 Å². The molecule has 0 fully saturated rings. The molecular weight excluding hydrogens is 230 g/mol. The number of hydrogen-bond donors (Lipinski definition) is 0. The SMILES string of the molecule is CCF.CF.[CH2-]CCF.[CH3-].[Y]. The Hall–Kier alpha value is 0.894. The van der Waals surface area contributed by atoms with Gasteiger partial charge in [-0.3, -0.25) is 13.2 Å². The van der Waals surface area contributed by atoms with Crippen LogP contribution in [0.2, 0.25) is 0 Å². The summed E-state index contributed by atoms with van der Waals surface area (Å²) in [7, 11) is 0.500. The molecule has 0 amide bonds. The number of hydrogen-bond acceptors (Lipinski definition) is 0. The van der Waals surface area contributed by atoms with Crippen molar-refractivity contribution in [3.63, 3.8) is 0 Å². The molecule has 0 spiro atoms. The van der Waals surface area contributed by atoms with Crippen LogP contribution in [0.1, 0.15) is 13.3 Å². The second kappa shape index (κ2) is 70.3. The molecule has 0 saturated heterocycles. The van der Waals surface area contributed by atoms with E-state index < -0.39 is 0 Å². The van der Waals surface area contributed by atoms with Crippen LogP contribution in [0.3, 0.4) is 0 Å². The smallest absolute Gasteiger partial charge is 0.0866 e. The molecular formula is C7H17F3Y-2. The molecule has 0 aliphatic heterocycles. The van der Waals surface area contributed by atoms with Gasteiger partial charge in [-0.25, -0.2) is 0 Å². The quantitative estimate of drug-likeness (QED) is 0.624. The van der Waals surface area contributed by atoms with Gasteiger partial charge >= 0.3 is 0 Å². The van der Waals surface area contributed by atoms with E-state index in [1.54, 1.807) is 0 Å². The van der Waals surface area contributed by atoms with Crippen molar-refractivity contribution in [1.82, 2.24) is 0 Å². The summed E-state index contributed by atoms with van der Waals surface area (Å²) >= 11 is 0. The van der Waals surface area contributed by atoms with Gasteiger partial charge < -0.3 is 14.4 Å². The molecule has 0 aromatic carbocycles. The van der Waals surface area contributed by atoms with Crippen LogP contribution >= 0.6 is 0 Å². The molecule has 0 aromatic rings. The Labute approximate surface area is 93.8 Å². The molecule has 0 saturated carbocycles. The van der Waals surface area contributed by atoms with Gasteiger partial charge in [0, 0.05) is 32.7 Å². The second-order valence-corrected chi connectivity index (χ2v) is 0.810. The average Bonchev–Trinajstić information content (AvgIpc) is 1.94. The molecule has 0 atom stereocenters. The Morgan fingerprint density at radius 3 is 1.27 bits per heavy atom. The molecule has 0 bridgehead atoms. The van der Waals surface area contributed by atoms with Crippen molar-refractivity contribution in [3.8, 4) is 0 Å². The van der Waals surface area contributed by atoms with Gasteiger partial charge in [0.15, 0.2) is 0 Å². The number of alkyl halides is 3. The van der Waals surface area contributed by atoms with Crippen molar-refractivity contribution < 1.29 is 45.9 Å². The summed E-state index contributed by atoms with van der Waals surface area (Å²) in [6, 6.07) is 0. The molecule has 4 heteroatoms. The summed E-state index contributed by atoms with van der Waals surface area (Å²) in [5.74, 6) is 0. The van der Waals surface area contributed by atoms with Gasteiger partial charge in [-0.15, -0.1) is 0 Å². The standard InChI is InChI=1S/C3H6F.C2H5F.CH3F.CH3.Y/c1-2-3-4;1-2-3;1-2;;/h1-3H2;2H2,1H3;1H3;1H3;/q-1;;;-1;. The first-order valence-corrected chi connectivity index (χ1v) is 2.62.